The number of benzene rings is 1. The van der Waals surface area contributed by atoms with E-state index in [0.29, 0.717) is 10.4 Å². The largest absolute Gasteiger partial charge is 0.435 e. The minimum absolute atomic E-state index is 0.170. The number of nitrogens with two attached hydrogens (primary N) is 1. The molecule has 0 saturated heterocycles. The predicted octanol–water partition coefficient (Wildman–Crippen LogP) is 3.19. The fourth-order valence-electron chi connectivity index (χ4n) is 1.49. The molecule has 1 heterocycles. The van der Waals surface area contributed by atoms with Gasteiger partial charge in [-0.05, 0) is 18.2 Å². The van der Waals surface area contributed by atoms with E-state index >= 15 is 0 Å². The minimum atomic E-state index is -4.57. The lowest BCUT2D eigenvalue weighted by molar-refractivity contribution is -0.140. The van der Waals surface area contributed by atoms with Crippen LogP contribution in [0.1, 0.15) is 5.69 Å². The topological polar surface area (TPSA) is 50.9 Å². The first kappa shape index (κ1) is 11.9. The number of alkyl halides is 3. The maximum atomic E-state index is 12.7. The number of nitrogens with zero attached hydrogens (tertiary/aromatic N) is 1. The molecule has 0 unspecified atom stereocenters. The smallest absolute Gasteiger partial charge is 0.322 e. The standard InChI is InChI=1S/C10H7ClF3N3/c11-6-2-1-3-7-5(6)4-8(17-15)9(16-7)10(12,13)14/h1-4,17H,15H2. The molecular formula is C10H7ClF3N3. The van der Waals surface area contributed by atoms with Gasteiger partial charge in [0.15, 0.2) is 5.69 Å². The first-order valence-corrected chi connectivity index (χ1v) is 4.94. The van der Waals surface area contributed by atoms with Crippen LogP contribution in [-0.2, 0) is 6.18 Å². The van der Waals surface area contributed by atoms with Crippen molar-refractivity contribution in [2.24, 2.45) is 5.84 Å². The molecule has 0 aliphatic carbocycles. The average molecular weight is 262 g/mol. The maximum absolute atomic E-state index is 12.7. The van der Waals surface area contributed by atoms with Crippen LogP contribution in [0, 0.1) is 0 Å². The molecule has 0 bridgehead atoms. The zero-order chi connectivity index (χ0) is 12.6. The summed E-state index contributed by atoms with van der Waals surface area (Å²) in [7, 11) is 0. The Morgan fingerprint density at radius 2 is 2.00 bits per heavy atom. The Bertz CT molecular complexity index is 568. The van der Waals surface area contributed by atoms with Gasteiger partial charge in [0, 0.05) is 5.39 Å². The third kappa shape index (κ3) is 2.13. The molecule has 0 fully saturated rings. The van der Waals surface area contributed by atoms with Crippen LogP contribution in [0.2, 0.25) is 5.02 Å². The van der Waals surface area contributed by atoms with Crippen LogP contribution in [0.3, 0.4) is 0 Å². The van der Waals surface area contributed by atoms with E-state index in [0.717, 1.165) is 0 Å². The molecule has 0 aliphatic heterocycles. The van der Waals surface area contributed by atoms with Crippen LogP contribution in [-0.4, -0.2) is 4.98 Å². The lowest BCUT2D eigenvalue weighted by atomic mass is 10.1. The molecule has 1 aromatic heterocycles. The molecule has 0 saturated carbocycles. The normalized spacial score (nSPS) is 11.8. The second-order valence-corrected chi connectivity index (χ2v) is 3.74. The molecule has 3 nitrogen and oxygen atoms in total. The second-order valence-electron chi connectivity index (χ2n) is 3.33. The van der Waals surface area contributed by atoms with Crippen LogP contribution in [0.25, 0.3) is 10.9 Å². The first-order valence-electron chi connectivity index (χ1n) is 4.56. The molecule has 2 rings (SSSR count). The van der Waals surface area contributed by atoms with Gasteiger partial charge in [-0.3, -0.25) is 5.84 Å². The van der Waals surface area contributed by atoms with E-state index in [-0.39, 0.29) is 11.2 Å². The van der Waals surface area contributed by atoms with E-state index in [1.807, 2.05) is 5.43 Å². The summed E-state index contributed by atoms with van der Waals surface area (Å²) >= 11 is 5.86. The Morgan fingerprint density at radius 3 is 2.59 bits per heavy atom. The Labute approximate surface area is 99.4 Å². The average Bonchev–Trinajstić information content (AvgIpc) is 2.27. The van der Waals surface area contributed by atoms with Crippen molar-refractivity contribution in [3.63, 3.8) is 0 Å². The summed E-state index contributed by atoms with van der Waals surface area (Å²) < 4.78 is 38.0. The van der Waals surface area contributed by atoms with Gasteiger partial charge >= 0.3 is 6.18 Å². The van der Waals surface area contributed by atoms with Crippen molar-refractivity contribution in [2.75, 3.05) is 5.43 Å². The summed E-state index contributed by atoms with van der Waals surface area (Å²) in [6.45, 7) is 0. The maximum Gasteiger partial charge on any atom is 0.435 e. The van der Waals surface area contributed by atoms with Crippen molar-refractivity contribution in [1.82, 2.24) is 4.98 Å². The Morgan fingerprint density at radius 1 is 1.29 bits per heavy atom. The van der Waals surface area contributed by atoms with E-state index in [4.69, 9.17) is 17.4 Å². The molecule has 0 radical (unpaired) electrons. The summed E-state index contributed by atoms with van der Waals surface area (Å²) in [5.41, 5.74) is 0.783. The second kappa shape index (κ2) is 4.05. The molecule has 17 heavy (non-hydrogen) atoms. The monoisotopic (exact) mass is 261 g/mol. The Hall–Kier alpha value is -1.53. The summed E-state index contributed by atoms with van der Waals surface area (Å²) in [5.74, 6) is 5.06. The number of anilines is 1. The van der Waals surface area contributed by atoms with Crippen molar-refractivity contribution in [2.45, 2.75) is 6.18 Å². The zero-order valence-corrected chi connectivity index (χ0v) is 9.10. The molecular weight excluding hydrogens is 255 g/mol. The number of rotatable bonds is 1. The number of pyridine rings is 1. The van der Waals surface area contributed by atoms with Crippen molar-refractivity contribution in [3.8, 4) is 0 Å². The fraction of sp³-hybridized carbons (Fsp3) is 0.100. The SMILES string of the molecule is NNc1cc2c(Cl)cccc2nc1C(F)(F)F. The number of hydrazine groups is 1. The van der Waals surface area contributed by atoms with Crippen molar-refractivity contribution >= 4 is 28.2 Å². The van der Waals surface area contributed by atoms with Crippen LogP contribution >= 0.6 is 11.6 Å². The number of hydrogen-bond donors (Lipinski definition) is 2. The van der Waals surface area contributed by atoms with Crippen molar-refractivity contribution in [1.29, 1.82) is 0 Å². The molecule has 0 atom stereocenters. The highest BCUT2D eigenvalue weighted by atomic mass is 35.5. The summed E-state index contributed by atoms with van der Waals surface area (Å²) in [6.07, 6.45) is -4.57. The minimum Gasteiger partial charge on any atom is -0.322 e. The van der Waals surface area contributed by atoms with Gasteiger partial charge in [0.2, 0.25) is 0 Å². The molecule has 0 spiro atoms. The quantitative estimate of drug-likeness (QED) is 0.612. The zero-order valence-electron chi connectivity index (χ0n) is 8.35. The van der Waals surface area contributed by atoms with Gasteiger partial charge in [0.25, 0.3) is 0 Å². The van der Waals surface area contributed by atoms with E-state index in [9.17, 15) is 13.2 Å². The summed E-state index contributed by atoms with van der Waals surface area (Å²) in [4.78, 5) is 3.53. The number of nitrogen functional groups attached to an aromatic ring is 1. The number of halogens is 4. The summed E-state index contributed by atoms with van der Waals surface area (Å²) in [5, 5.41) is 0.732. The van der Waals surface area contributed by atoms with Gasteiger partial charge in [-0.1, -0.05) is 17.7 Å². The molecule has 3 N–H and O–H groups in total. The van der Waals surface area contributed by atoms with Crippen LogP contribution < -0.4 is 11.3 Å². The lowest BCUT2D eigenvalue weighted by Gasteiger charge is -2.12. The Kier molecular flexibility index (Phi) is 2.84. The molecule has 0 aliphatic rings. The van der Waals surface area contributed by atoms with Crippen molar-refractivity contribution in [3.05, 3.63) is 35.0 Å². The van der Waals surface area contributed by atoms with Gasteiger partial charge in [0.05, 0.1) is 16.2 Å². The molecule has 1 aromatic carbocycles. The molecule has 0 amide bonds. The third-order valence-corrected chi connectivity index (χ3v) is 2.56. The number of fused-ring (bicyclic) bond motifs is 1. The highest BCUT2D eigenvalue weighted by molar-refractivity contribution is 6.35. The first-order chi connectivity index (χ1) is 7.93. The molecule has 90 valence electrons. The van der Waals surface area contributed by atoms with Gasteiger partial charge < -0.3 is 5.43 Å². The van der Waals surface area contributed by atoms with Gasteiger partial charge in [0.1, 0.15) is 0 Å². The van der Waals surface area contributed by atoms with Crippen LogP contribution in [0.4, 0.5) is 18.9 Å². The molecule has 2 aromatic rings. The van der Waals surface area contributed by atoms with Gasteiger partial charge in [-0.15, -0.1) is 0 Å². The lowest BCUT2D eigenvalue weighted by Crippen LogP contribution is -2.16. The third-order valence-electron chi connectivity index (χ3n) is 2.23. The number of aromatic nitrogens is 1. The fourth-order valence-corrected chi connectivity index (χ4v) is 1.71. The van der Waals surface area contributed by atoms with Crippen LogP contribution in [0.15, 0.2) is 24.3 Å². The summed E-state index contributed by atoms with van der Waals surface area (Å²) in [6, 6.07) is 5.79. The van der Waals surface area contributed by atoms with Gasteiger partial charge in [-0.2, -0.15) is 13.2 Å². The highest BCUT2D eigenvalue weighted by Crippen LogP contribution is 2.36. The molecule has 7 heteroatoms. The number of nitrogens with one attached hydrogen (secondary N) is 1. The van der Waals surface area contributed by atoms with Gasteiger partial charge in [-0.25, -0.2) is 4.98 Å². The van der Waals surface area contributed by atoms with Crippen LogP contribution in [0.5, 0.6) is 0 Å². The van der Waals surface area contributed by atoms with Crippen molar-refractivity contribution < 1.29 is 13.2 Å². The highest BCUT2D eigenvalue weighted by Gasteiger charge is 2.36. The van der Waals surface area contributed by atoms with E-state index in [1.165, 1.54) is 18.2 Å². The predicted molar refractivity (Wildman–Crippen MR) is 59.6 cm³/mol. The van der Waals surface area contributed by atoms with E-state index in [2.05, 4.69) is 4.98 Å². The van der Waals surface area contributed by atoms with E-state index < -0.39 is 11.9 Å². The number of hydrogen-bond acceptors (Lipinski definition) is 3. The Balaban J connectivity index is 2.78. The van der Waals surface area contributed by atoms with E-state index in [1.54, 1.807) is 6.07 Å².